The first-order valence-corrected chi connectivity index (χ1v) is 5.35. The molecule has 1 fully saturated rings. The molecule has 1 unspecified atom stereocenters. The lowest BCUT2D eigenvalue weighted by Crippen LogP contribution is -2.28. The van der Waals surface area contributed by atoms with Crippen LogP contribution in [0.5, 0.6) is 0 Å². The van der Waals surface area contributed by atoms with Crippen molar-refractivity contribution in [1.82, 2.24) is 4.98 Å². The summed E-state index contributed by atoms with van der Waals surface area (Å²) in [4.78, 5) is 26.8. The Bertz CT molecular complexity index is 530. The van der Waals surface area contributed by atoms with E-state index >= 15 is 0 Å². The average molecular weight is 274 g/mol. The van der Waals surface area contributed by atoms with Crippen LogP contribution in [0.25, 0.3) is 0 Å². The maximum atomic E-state index is 12.8. The van der Waals surface area contributed by atoms with Crippen LogP contribution >= 0.6 is 0 Å². The number of hydrogen-bond acceptors (Lipinski definition) is 3. The van der Waals surface area contributed by atoms with Gasteiger partial charge in [0.15, 0.2) is 0 Å². The highest BCUT2D eigenvalue weighted by Crippen LogP contribution is 2.37. The van der Waals surface area contributed by atoms with E-state index in [9.17, 15) is 22.8 Å². The number of anilines is 1. The van der Waals surface area contributed by atoms with Crippen LogP contribution in [0.1, 0.15) is 12.0 Å². The maximum Gasteiger partial charge on any atom is 0.418 e. The van der Waals surface area contributed by atoms with Gasteiger partial charge in [-0.2, -0.15) is 13.2 Å². The van der Waals surface area contributed by atoms with Gasteiger partial charge in [0.1, 0.15) is 0 Å². The third-order valence-corrected chi connectivity index (χ3v) is 2.87. The molecular weight excluding hydrogens is 265 g/mol. The van der Waals surface area contributed by atoms with Crippen molar-refractivity contribution in [1.29, 1.82) is 0 Å². The van der Waals surface area contributed by atoms with Crippen molar-refractivity contribution in [2.24, 2.45) is 5.92 Å². The number of carbonyl (C=O) groups excluding carboxylic acids is 1. The van der Waals surface area contributed by atoms with Gasteiger partial charge >= 0.3 is 12.1 Å². The highest BCUT2D eigenvalue weighted by Gasteiger charge is 2.40. The fourth-order valence-electron chi connectivity index (χ4n) is 1.95. The molecule has 102 valence electrons. The number of pyridine rings is 1. The Balaban J connectivity index is 2.38. The van der Waals surface area contributed by atoms with Gasteiger partial charge in [0.2, 0.25) is 5.91 Å². The van der Waals surface area contributed by atoms with E-state index in [0.717, 1.165) is 23.4 Å². The number of amides is 1. The molecule has 2 rings (SSSR count). The summed E-state index contributed by atoms with van der Waals surface area (Å²) in [6.07, 6.45) is -3.03. The molecule has 1 saturated heterocycles. The molecule has 0 aromatic carbocycles. The summed E-state index contributed by atoms with van der Waals surface area (Å²) >= 11 is 0. The first kappa shape index (κ1) is 13.3. The number of rotatable bonds is 2. The van der Waals surface area contributed by atoms with Crippen molar-refractivity contribution >= 4 is 17.6 Å². The molecule has 1 N–H and O–H groups in total. The van der Waals surface area contributed by atoms with Crippen molar-refractivity contribution in [3.05, 3.63) is 24.0 Å². The molecule has 0 aliphatic carbocycles. The van der Waals surface area contributed by atoms with Crippen molar-refractivity contribution in [2.75, 3.05) is 11.4 Å². The Labute approximate surface area is 105 Å². The number of nitrogens with zero attached hydrogens (tertiary/aromatic N) is 2. The number of carboxylic acid groups (broad SMARTS) is 1. The number of halogens is 3. The first-order chi connectivity index (χ1) is 8.80. The first-order valence-electron chi connectivity index (χ1n) is 5.35. The number of carboxylic acids is 1. The maximum absolute atomic E-state index is 12.8. The topological polar surface area (TPSA) is 70.5 Å². The molecule has 0 bridgehead atoms. The number of hydrogen-bond donors (Lipinski definition) is 1. The van der Waals surface area contributed by atoms with Gasteiger partial charge in [-0.1, -0.05) is 0 Å². The molecule has 1 amide bonds. The van der Waals surface area contributed by atoms with E-state index in [1.165, 1.54) is 0 Å². The number of alkyl halides is 3. The molecule has 8 heteroatoms. The summed E-state index contributed by atoms with van der Waals surface area (Å²) in [6.45, 7) is -0.275. The molecule has 2 heterocycles. The lowest BCUT2D eigenvalue weighted by Gasteiger charge is -2.20. The molecule has 0 spiro atoms. The van der Waals surface area contributed by atoms with Gasteiger partial charge in [-0.25, -0.2) is 0 Å². The minimum absolute atomic E-state index is 0.275. The van der Waals surface area contributed by atoms with E-state index in [0.29, 0.717) is 0 Å². The summed E-state index contributed by atoms with van der Waals surface area (Å²) in [5, 5.41) is 8.81. The van der Waals surface area contributed by atoms with Crippen molar-refractivity contribution in [2.45, 2.75) is 12.6 Å². The Hall–Kier alpha value is -2.12. The van der Waals surface area contributed by atoms with Crippen LogP contribution in [-0.2, 0) is 15.8 Å². The zero-order chi connectivity index (χ0) is 14.2. The molecule has 1 aromatic heterocycles. The molecular formula is C11H9F3N2O3. The van der Waals surface area contributed by atoms with Crippen molar-refractivity contribution < 1.29 is 27.9 Å². The smallest absolute Gasteiger partial charge is 0.418 e. The van der Waals surface area contributed by atoms with Gasteiger partial charge in [0, 0.05) is 19.2 Å². The molecule has 1 aliphatic heterocycles. The molecule has 1 atom stereocenters. The van der Waals surface area contributed by atoms with E-state index in [4.69, 9.17) is 5.11 Å². The quantitative estimate of drug-likeness (QED) is 0.888. The normalized spacial score (nSPS) is 19.8. The Morgan fingerprint density at radius 1 is 1.47 bits per heavy atom. The summed E-state index contributed by atoms with van der Waals surface area (Å²) in [5.74, 6) is -2.84. The monoisotopic (exact) mass is 274 g/mol. The summed E-state index contributed by atoms with van der Waals surface area (Å²) in [5.41, 5.74) is -1.40. The van der Waals surface area contributed by atoms with Gasteiger partial charge < -0.3 is 10.0 Å². The standard InChI is InChI=1S/C11H9F3N2O3/c12-11(13,14)7-1-2-15-4-8(7)16-5-6(10(18)19)3-9(16)17/h1-2,4,6H,3,5H2,(H,18,19). The SMILES string of the molecule is O=C(O)C1CC(=O)N(c2cnccc2C(F)(F)F)C1. The van der Waals surface area contributed by atoms with Crippen LogP contribution in [0.3, 0.4) is 0 Å². The average Bonchev–Trinajstić information content (AvgIpc) is 2.70. The minimum atomic E-state index is -4.63. The van der Waals surface area contributed by atoms with Crippen LogP contribution in [0, 0.1) is 5.92 Å². The van der Waals surface area contributed by atoms with E-state index < -0.39 is 35.2 Å². The largest absolute Gasteiger partial charge is 0.481 e. The van der Waals surface area contributed by atoms with Crippen LogP contribution in [0.4, 0.5) is 18.9 Å². The fourth-order valence-corrected chi connectivity index (χ4v) is 1.95. The number of carbonyl (C=O) groups is 2. The zero-order valence-electron chi connectivity index (χ0n) is 9.52. The molecule has 5 nitrogen and oxygen atoms in total. The second kappa shape index (κ2) is 4.52. The van der Waals surface area contributed by atoms with Crippen molar-refractivity contribution in [3.63, 3.8) is 0 Å². The lowest BCUT2D eigenvalue weighted by molar-refractivity contribution is -0.141. The summed E-state index contributed by atoms with van der Waals surface area (Å²) in [7, 11) is 0. The van der Waals surface area contributed by atoms with Crippen LogP contribution in [0.2, 0.25) is 0 Å². The molecule has 1 aromatic rings. The van der Waals surface area contributed by atoms with Gasteiger partial charge in [-0.15, -0.1) is 0 Å². The highest BCUT2D eigenvalue weighted by molar-refractivity contribution is 5.99. The predicted molar refractivity (Wildman–Crippen MR) is 57.3 cm³/mol. The van der Waals surface area contributed by atoms with Crippen LogP contribution in [0.15, 0.2) is 18.5 Å². The fraction of sp³-hybridized carbons (Fsp3) is 0.364. The lowest BCUT2D eigenvalue weighted by atomic mass is 10.1. The summed E-state index contributed by atoms with van der Waals surface area (Å²) < 4.78 is 38.4. The van der Waals surface area contributed by atoms with Crippen LogP contribution in [-0.4, -0.2) is 28.5 Å². The van der Waals surface area contributed by atoms with Gasteiger partial charge in [-0.3, -0.25) is 14.6 Å². The Kier molecular flexibility index (Phi) is 3.17. The molecule has 0 saturated carbocycles. The summed E-state index contributed by atoms with van der Waals surface area (Å²) in [6, 6.07) is 0.761. The van der Waals surface area contributed by atoms with E-state index in [-0.39, 0.29) is 13.0 Å². The molecule has 19 heavy (non-hydrogen) atoms. The zero-order valence-corrected chi connectivity index (χ0v) is 9.52. The second-order valence-corrected chi connectivity index (χ2v) is 4.13. The van der Waals surface area contributed by atoms with Crippen LogP contribution < -0.4 is 4.90 Å². The van der Waals surface area contributed by atoms with Gasteiger partial charge in [0.05, 0.1) is 23.4 Å². The van der Waals surface area contributed by atoms with E-state index in [1.807, 2.05) is 0 Å². The predicted octanol–water partition coefficient (Wildman–Crippen LogP) is 1.54. The highest BCUT2D eigenvalue weighted by atomic mass is 19.4. The van der Waals surface area contributed by atoms with Gasteiger partial charge in [-0.05, 0) is 6.07 Å². The molecule has 0 radical (unpaired) electrons. The van der Waals surface area contributed by atoms with E-state index in [1.54, 1.807) is 0 Å². The number of aromatic nitrogens is 1. The van der Waals surface area contributed by atoms with Crippen molar-refractivity contribution in [3.8, 4) is 0 Å². The third kappa shape index (κ3) is 2.51. The Morgan fingerprint density at radius 2 is 2.16 bits per heavy atom. The Morgan fingerprint density at radius 3 is 2.68 bits per heavy atom. The third-order valence-electron chi connectivity index (χ3n) is 2.87. The second-order valence-electron chi connectivity index (χ2n) is 4.13. The minimum Gasteiger partial charge on any atom is -0.481 e. The molecule has 1 aliphatic rings. The number of aliphatic carboxylic acids is 1. The van der Waals surface area contributed by atoms with E-state index in [2.05, 4.69) is 4.98 Å². The van der Waals surface area contributed by atoms with Gasteiger partial charge in [0.25, 0.3) is 0 Å².